The molecular weight excluding hydrogens is 266 g/mol. The van der Waals surface area contributed by atoms with Gasteiger partial charge in [0.2, 0.25) is 0 Å². The molecule has 1 aliphatic heterocycles. The number of para-hydroxylation sites is 1. The molecule has 0 N–H and O–H groups in total. The molecule has 5 rings (SSSR count). The highest BCUT2D eigenvalue weighted by atomic mass is 32.2. The van der Waals surface area contributed by atoms with E-state index in [2.05, 4.69) is 24.5 Å². The predicted molar refractivity (Wildman–Crippen MR) is 84.5 cm³/mol. The van der Waals surface area contributed by atoms with Gasteiger partial charge in [-0.1, -0.05) is 18.2 Å². The molecule has 1 amide bonds. The van der Waals surface area contributed by atoms with Crippen LogP contribution in [0.2, 0.25) is 0 Å². The van der Waals surface area contributed by atoms with Crippen LogP contribution in [0.4, 0.5) is 5.69 Å². The third kappa shape index (κ3) is 1.38. The minimum atomic E-state index is 0.0960. The number of carbonyl (C=O) groups is 1. The molecule has 0 saturated heterocycles. The predicted octanol–water partition coefficient (Wildman–Crippen LogP) is 2.89. The van der Waals surface area contributed by atoms with Gasteiger partial charge < -0.3 is 4.90 Å². The summed E-state index contributed by atoms with van der Waals surface area (Å²) in [4.78, 5) is 15.6. The third-order valence-corrected chi connectivity index (χ3v) is 4.73. The van der Waals surface area contributed by atoms with Gasteiger partial charge in [0.25, 0.3) is 5.91 Å². The highest BCUT2D eigenvalue weighted by molar-refractivity contribution is 7.98. The number of nitrogens with zero attached hydrogens (tertiary/aromatic N) is 1. The number of rotatable bonds is 1. The second kappa shape index (κ2) is 4.00. The molecule has 1 aliphatic rings. The Hall–Kier alpha value is -2.00. The van der Waals surface area contributed by atoms with Gasteiger partial charge in [0.15, 0.2) is 0 Å². The van der Waals surface area contributed by atoms with E-state index >= 15 is 0 Å². The smallest absolute Gasteiger partial charge is 0.259 e. The van der Waals surface area contributed by atoms with Crippen molar-refractivity contribution in [1.82, 2.24) is 0 Å². The van der Waals surface area contributed by atoms with Crippen molar-refractivity contribution in [3.05, 3.63) is 53.2 Å². The summed E-state index contributed by atoms with van der Waals surface area (Å²) in [5, 5.41) is 3.48. The Morgan fingerprint density at radius 2 is 1.75 bits per heavy atom. The molecule has 0 fully saturated rings. The number of likely N-dealkylation sites (N-methyl/N-ethyl adjacent to an activating group) is 1. The van der Waals surface area contributed by atoms with Gasteiger partial charge in [-0.2, -0.15) is 0 Å². The molecule has 2 nitrogen and oxygen atoms in total. The maximum Gasteiger partial charge on any atom is 0.259 e. The summed E-state index contributed by atoms with van der Waals surface area (Å²) in [7, 11) is 1.84. The molecule has 0 radical (unpaired) electrons. The summed E-state index contributed by atoms with van der Waals surface area (Å²) in [6.07, 6.45) is 2.07. The fourth-order valence-corrected chi connectivity index (χ4v) is 3.48. The molecular formula is C17H13NOS. The molecule has 4 aromatic rings. The number of thioether (sulfide) groups is 1. The lowest BCUT2D eigenvalue weighted by molar-refractivity contribution is -0.112. The zero-order valence-corrected chi connectivity index (χ0v) is 12.1. The number of carbonyl (C=O) groups excluding carboxylic acids is 1. The second-order valence-corrected chi connectivity index (χ2v) is 5.96. The van der Waals surface area contributed by atoms with Crippen molar-refractivity contribution in [3.8, 4) is 0 Å². The van der Waals surface area contributed by atoms with E-state index in [9.17, 15) is 4.79 Å². The molecule has 98 valence electrons. The van der Waals surface area contributed by atoms with E-state index in [-0.39, 0.29) is 5.91 Å². The van der Waals surface area contributed by atoms with Gasteiger partial charge in [0, 0.05) is 22.7 Å². The lowest BCUT2D eigenvalue weighted by Crippen LogP contribution is -2.25. The fraction of sp³-hybridized carbons (Fsp3) is 0.118. The number of anilines is 1. The highest BCUT2D eigenvalue weighted by Crippen LogP contribution is 2.35. The maximum atomic E-state index is 12.6. The van der Waals surface area contributed by atoms with Gasteiger partial charge in [0.1, 0.15) is 0 Å². The Morgan fingerprint density at radius 1 is 1.05 bits per heavy atom. The van der Waals surface area contributed by atoms with Gasteiger partial charge in [-0.3, -0.25) is 4.79 Å². The van der Waals surface area contributed by atoms with Crippen molar-refractivity contribution in [3.63, 3.8) is 0 Å². The van der Waals surface area contributed by atoms with Gasteiger partial charge in [-0.05, 0) is 41.3 Å². The monoisotopic (exact) mass is 279 g/mol. The Bertz CT molecular complexity index is 854. The second-order valence-electron chi connectivity index (χ2n) is 5.08. The number of hydrogen-bond donors (Lipinski definition) is 0. The summed E-state index contributed by atoms with van der Waals surface area (Å²) >= 11 is 1.74. The standard InChI is InChI=1S/C17H13NOS/c1-18-14-6-4-3-5-13(14)16(17(18)19)15-10-7-11(15)9-12(8-10)20-2/h3-9H,1-2H3. The van der Waals surface area contributed by atoms with Gasteiger partial charge in [0.05, 0.1) is 11.3 Å². The minimum Gasteiger partial charge on any atom is -0.311 e. The fourth-order valence-electron chi connectivity index (χ4n) is 2.99. The minimum absolute atomic E-state index is 0.0960. The molecule has 2 bridgehead atoms. The third-order valence-electron chi connectivity index (χ3n) is 4.02. The molecule has 20 heavy (non-hydrogen) atoms. The van der Waals surface area contributed by atoms with Gasteiger partial charge in [-0.25, -0.2) is 0 Å². The lowest BCUT2D eigenvalue weighted by atomic mass is 9.94. The van der Waals surface area contributed by atoms with Crippen LogP contribution in [0.1, 0.15) is 5.56 Å². The topological polar surface area (TPSA) is 20.3 Å². The molecule has 1 heterocycles. The first-order valence-electron chi connectivity index (χ1n) is 6.52. The Balaban J connectivity index is 2.08. The zero-order valence-electron chi connectivity index (χ0n) is 11.3. The molecule has 0 atom stereocenters. The lowest BCUT2D eigenvalue weighted by Gasteiger charge is -2.11. The van der Waals surface area contributed by atoms with Crippen LogP contribution in [0, 0.1) is 0 Å². The molecule has 0 saturated carbocycles. The normalized spacial score (nSPS) is 14.6. The zero-order chi connectivity index (χ0) is 13.9. The van der Waals surface area contributed by atoms with Gasteiger partial charge in [-0.15, -0.1) is 11.8 Å². The van der Waals surface area contributed by atoms with Crippen LogP contribution in [-0.2, 0) is 4.79 Å². The Labute approximate surface area is 121 Å². The van der Waals surface area contributed by atoms with Crippen molar-refractivity contribution in [2.45, 2.75) is 4.90 Å². The average molecular weight is 279 g/mol. The van der Waals surface area contributed by atoms with Crippen LogP contribution in [0.3, 0.4) is 0 Å². The van der Waals surface area contributed by atoms with E-state index in [0.29, 0.717) is 0 Å². The van der Waals surface area contributed by atoms with Crippen molar-refractivity contribution < 1.29 is 4.79 Å². The molecule has 4 aromatic carbocycles. The average Bonchev–Trinajstić information content (AvgIpc) is 2.73. The number of benzene rings is 3. The summed E-state index contributed by atoms with van der Waals surface area (Å²) in [6.45, 7) is 0. The Kier molecular flexibility index (Phi) is 2.36. The van der Waals surface area contributed by atoms with Crippen LogP contribution < -0.4 is 10.1 Å². The summed E-state index contributed by atoms with van der Waals surface area (Å²) in [5.41, 5.74) is 2.90. The van der Waals surface area contributed by atoms with E-state index in [1.807, 2.05) is 31.3 Å². The first-order chi connectivity index (χ1) is 9.70. The molecule has 0 spiro atoms. The van der Waals surface area contributed by atoms with Crippen LogP contribution in [-0.4, -0.2) is 19.2 Å². The summed E-state index contributed by atoms with van der Waals surface area (Å²) in [6, 6.07) is 14.5. The van der Waals surface area contributed by atoms with Crippen molar-refractivity contribution in [2.75, 3.05) is 18.2 Å². The largest absolute Gasteiger partial charge is 0.311 e. The van der Waals surface area contributed by atoms with Crippen LogP contribution in [0.15, 0.2) is 47.4 Å². The maximum absolute atomic E-state index is 12.6. The quantitative estimate of drug-likeness (QED) is 0.638. The molecule has 0 aromatic heterocycles. The van der Waals surface area contributed by atoms with E-state index in [0.717, 1.165) is 22.0 Å². The van der Waals surface area contributed by atoms with Crippen LogP contribution in [0.25, 0.3) is 16.3 Å². The number of fused-ring (bicyclic) bond motifs is 3. The summed E-state index contributed by atoms with van der Waals surface area (Å²) < 4.78 is 0. The van der Waals surface area contributed by atoms with Crippen LogP contribution >= 0.6 is 11.8 Å². The Morgan fingerprint density at radius 3 is 2.45 bits per heavy atom. The SMILES string of the molecule is CSc1cc2cc(c1)C2=C1C(=O)N(C)c2ccccc21. The highest BCUT2D eigenvalue weighted by Gasteiger charge is 2.31. The first kappa shape index (κ1) is 11.8. The number of amides is 1. The number of hydrogen-bond acceptors (Lipinski definition) is 2. The van der Waals surface area contributed by atoms with Gasteiger partial charge >= 0.3 is 0 Å². The van der Waals surface area contributed by atoms with E-state index in [1.54, 1.807) is 16.7 Å². The van der Waals surface area contributed by atoms with E-state index < -0.39 is 0 Å². The molecule has 0 unspecified atom stereocenters. The summed E-state index contributed by atoms with van der Waals surface area (Å²) in [5.74, 6) is 0.0960. The molecule has 3 heteroatoms. The van der Waals surface area contributed by atoms with Crippen molar-refractivity contribution >= 4 is 39.7 Å². The van der Waals surface area contributed by atoms with Crippen molar-refractivity contribution in [2.24, 2.45) is 0 Å². The molecule has 0 aliphatic carbocycles. The van der Waals surface area contributed by atoms with Crippen LogP contribution in [0.5, 0.6) is 0 Å². The van der Waals surface area contributed by atoms with E-state index in [4.69, 9.17) is 0 Å². The van der Waals surface area contributed by atoms with E-state index in [1.165, 1.54) is 15.7 Å². The van der Waals surface area contributed by atoms with Crippen molar-refractivity contribution in [1.29, 1.82) is 0 Å². The first-order valence-corrected chi connectivity index (χ1v) is 7.75.